The summed E-state index contributed by atoms with van der Waals surface area (Å²) in [6, 6.07) is 0. The Balaban J connectivity index is 1.48. The SMILES string of the molecule is C[C@@]12CCCCC1CCC1C2CC[C@]2(C)C1CC[C@@]21CS1. The molecule has 1 saturated heterocycles. The summed E-state index contributed by atoms with van der Waals surface area (Å²) >= 11 is 2.32. The molecule has 0 aromatic carbocycles. The molecule has 5 rings (SSSR count). The minimum atomic E-state index is 0.719. The molecule has 0 radical (unpaired) electrons. The largest absolute Gasteiger partial charge is 0.152 e. The van der Waals surface area contributed by atoms with Gasteiger partial charge in [-0.3, -0.25) is 0 Å². The Morgan fingerprint density at radius 1 is 0.810 bits per heavy atom. The first-order valence-electron chi connectivity index (χ1n) is 9.73. The molecule has 1 aliphatic heterocycles. The van der Waals surface area contributed by atoms with Gasteiger partial charge < -0.3 is 0 Å². The van der Waals surface area contributed by atoms with E-state index < -0.39 is 0 Å². The van der Waals surface area contributed by atoms with Crippen molar-refractivity contribution >= 4 is 11.8 Å². The van der Waals surface area contributed by atoms with Crippen LogP contribution >= 0.6 is 11.8 Å². The van der Waals surface area contributed by atoms with Gasteiger partial charge in [-0.2, -0.15) is 11.8 Å². The minimum absolute atomic E-state index is 0.719. The van der Waals surface area contributed by atoms with Crippen LogP contribution < -0.4 is 0 Å². The highest BCUT2D eigenvalue weighted by Gasteiger charge is 2.68. The molecule has 0 bridgehead atoms. The molecule has 4 saturated carbocycles. The summed E-state index contributed by atoms with van der Waals surface area (Å²) in [6.07, 6.45) is 15.6. The van der Waals surface area contributed by atoms with Gasteiger partial charge in [0, 0.05) is 10.5 Å². The Morgan fingerprint density at radius 3 is 2.43 bits per heavy atom. The minimum Gasteiger partial charge on any atom is -0.152 e. The van der Waals surface area contributed by atoms with Crippen LogP contribution in [0.4, 0.5) is 0 Å². The molecule has 4 unspecified atom stereocenters. The lowest BCUT2D eigenvalue weighted by Crippen LogP contribution is -2.53. The number of hydrogen-bond acceptors (Lipinski definition) is 1. The fourth-order valence-corrected chi connectivity index (χ4v) is 9.44. The zero-order valence-electron chi connectivity index (χ0n) is 14.0. The van der Waals surface area contributed by atoms with Crippen molar-refractivity contribution in [1.82, 2.24) is 0 Å². The third-order valence-corrected chi connectivity index (χ3v) is 11.0. The van der Waals surface area contributed by atoms with Gasteiger partial charge in [-0.05, 0) is 85.9 Å². The second kappa shape index (κ2) is 4.25. The predicted octanol–water partition coefficient (Wildman–Crippen LogP) is 5.90. The van der Waals surface area contributed by atoms with Crippen molar-refractivity contribution in [1.29, 1.82) is 0 Å². The lowest BCUT2D eigenvalue weighted by molar-refractivity contribution is -0.105. The van der Waals surface area contributed by atoms with Crippen LogP contribution in [0.1, 0.15) is 78.1 Å². The summed E-state index contributed by atoms with van der Waals surface area (Å²) in [5.74, 6) is 5.86. The van der Waals surface area contributed by atoms with Crippen LogP contribution in [0.25, 0.3) is 0 Å². The molecule has 1 heterocycles. The smallest absolute Gasteiger partial charge is 0.0307 e. The summed E-state index contributed by atoms with van der Waals surface area (Å²) in [5.41, 5.74) is 1.45. The second-order valence-corrected chi connectivity index (χ2v) is 11.0. The van der Waals surface area contributed by atoms with Crippen LogP contribution in [0.3, 0.4) is 0 Å². The highest BCUT2D eigenvalue weighted by atomic mass is 32.2. The molecule has 0 aromatic heterocycles. The lowest BCUT2D eigenvalue weighted by Gasteiger charge is -2.60. The van der Waals surface area contributed by atoms with Gasteiger partial charge >= 0.3 is 0 Å². The molecule has 1 spiro atoms. The molecule has 5 aliphatic rings. The summed E-state index contributed by atoms with van der Waals surface area (Å²) in [5, 5.41) is 0. The Morgan fingerprint density at radius 2 is 1.62 bits per heavy atom. The van der Waals surface area contributed by atoms with Crippen molar-refractivity contribution in [3.05, 3.63) is 0 Å². The summed E-state index contributed by atoms with van der Waals surface area (Å²) < 4.78 is 0.757. The van der Waals surface area contributed by atoms with E-state index in [1.807, 2.05) is 0 Å². The average Bonchev–Trinajstić information content (AvgIpc) is 3.20. The van der Waals surface area contributed by atoms with E-state index in [0.29, 0.717) is 0 Å². The van der Waals surface area contributed by atoms with Gasteiger partial charge in [0.1, 0.15) is 0 Å². The molecule has 0 N–H and O–H groups in total. The molecule has 0 amide bonds. The molecular weight excluding hydrogens is 272 g/mol. The maximum atomic E-state index is 2.72. The van der Waals surface area contributed by atoms with Crippen molar-refractivity contribution in [2.75, 3.05) is 5.75 Å². The van der Waals surface area contributed by atoms with E-state index >= 15 is 0 Å². The normalized spacial score (nSPS) is 62.0. The van der Waals surface area contributed by atoms with Crippen molar-refractivity contribution in [2.24, 2.45) is 34.5 Å². The van der Waals surface area contributed by atoms with Gasteiger partial charge in [0.15, 0.2) is 0 Å². The fraction of sp³-hybridized carbons (Fsp3) is 1.00. The Labute approximate surface area is 135 Å². The van der Waals surface area contributed by atoms with Crippen LogP contribution in [0.15, 0.2) is 0 Å². The Kier molecular flexibility index (Phi) is 2.78. The molecule has 21 heavy (non-hydrogen) atoms. The van der Waals surface area contributed by atoms with Gasteiger partial charge in [0.25, 0.3) is 0 Å². The van der Waals surface area contributed by atoms with Crippen molar-refractivity contribution < 1.29 is 0 Å². The van der Waals surface area contributed by atoms with Gasteiger partial charge in [0.2, 0.25) is 0 Å². The summed E-state index contributed by atoms with van der Waals surface area (Å²) in [6.45, 7) is 5.42. The van der Waals surface area contributed by atoms with Crippen LogP contribution in [0.2, 0.25) is 0 Å². The number of fused-ring (bicyclic) bond motifs is 6. The third-order valence-electron chi connectivity index (χ3n) is 9.37. The molecule has 0 aromatic rings. The van der Waals surface area contributed by atoms with Gasteiger partial charge in [-0.25, -0.2) is 0 Å². The van der Waals surface area contributed by atoms with Crippen molar-refractivity contribution in [2.45, 2.75) is 82.8 Å². The molecule has 4 aliphatic carbocycles. The van der Waals surface area contributed by atoms with E-state index in [4.69, 9.17) is 0 Å². The standard InChI is InChI=1S/C20H32S/c1-18-10-4-3-5-14(18)6-7-15-16(18)8-11-19(2)17(15)9-12-20(19)13-21-20/h14-17H,3-13H2,1-2H3/t14?,15?,16?,17?,18-,19-,20-/m1/s1. The summed E-state index contributed by atoms with van der Waals surface area (Å²) in [7, 11) is 0. The van der Waals surface area contributed by atoms with Gasteiger partial charge in [-0.1, -0.05) is 26.7 Å². The quantitative estimate of drug-likeness (QED) is 0.502. The van der Waals surface area contributed by atoms with Gasteiger partial charge in [-0.15, -0.1) is 0 Å². The zero-order valence-corrected chi connectivity index (χ0v) is 14.8. The molecule has 5 fully saturated rings. The first kappa shape index (κ1) is 13.8. The van der Waals surface area contributed by atoms with E-state index in [1.165, 1.54) is 18.6 Å². The van der Waals surface area contributed by atoms with Crippen LogP contribution in [-0.4, -0.2) is 10.5 Å². The molecule has 1 heteroatoms. The number of hydrogen-bond donors (Lipinski definition) is 0. The molecule has 7 atom stereocenters. The predicted molar refractivity (Wildman–Crippen MR) is 91.5 cm³/mol. The monoisotopic (exact) mass is 304 g/mol. The van der Waals surface area contributed by atoms with Crippen LogP contribution in [-0.2, 0) is 0 Å². The fourth-order valence-electron chi connectivity index (χ4n) is 7.95. The third kappa shape index (κ3) is 1.60. The average molecular weight is 305 g/mol. The van der Waals surface area contributed by atoms with E-state index in [1.54, 1.807) is 51.4 Å². The van der Waals surface area contributed by atoms with Crippen LogP contribution in [0.5, 0.6) is 0 Å². The maximum absolute atomic E-state index is 2.72. The van der Waals surface area contributed by atoms with Gasteiger partial charge in [0.05, 0.1) is 0 Å². The zero-order chi connectivity index (χ0) is 14.3. The Bertz CT molecular complexity index is 453. The first-order chi connectivity index (χ1) is 10.1. The number of thioether (sulfide) groups is 1. The van der Waals surface area contributed by atoms with Crippen molar-refractivity contribution in [3.63, 3.8) is 0 Å². The summed E-state index contributed by atoms with van der Waals surface area (Å²) in [4.78, 5) is 0. The van der Waals surface area contributed by atoms with E-state index in [2.05, 4.69) is 25.6 Å². The first-order valence-corrected chi connectivity index (χ1v) is 10.7. The highest BCUT2D eigenvalue weighted by molar-refractivity contribution is 8.08. The van der Waals surface area contributed by atoms with E-state index in [0.717, 1.165) is 39.2 Å². The maximum Gasteiger partial charge on any atom is 0.0307 e. The molecule has 0 nitrogen and oxygen atoms in total. The number of rotatable bonds is 0. The van der Waals surface area contributed by atoms with E-state index in [9.17, 15) is 0 Å². The molecule has 118 valence electrons. The van der Waals surface area contributed by atoms with E-state index in [-0.39, 0.29) is 0 Å². The molecular formula is C20H32S. The lowest BCUT2D eigenvalue weighted by atomic mass is 9.45. The highest BCUT2D eigenvalue weighted by Crippen LogP contribution is 2.75. The van der Waals surface area contributed by atoms with Crippen LogP contribution in [0, 0.1) is 34.5 Å². The topological polar surface area (TPSA) is 0 Å². The van der Waals surface area contributed by atoms with Crippen molar-refractivity contribution in [3.8, 4) is 0 Å². The Hall–Kier alpha value is 0.350. The second-order valence-electron chi connectivity index (χ2n) is 9.68.